The van der Waals surface area contributed by atoms with Crippen molar-refractivity contribution in [2.45, 2.75) is 54.4 Å². The Kier molecular flexibility index (Phi) is 4.99. The zero-order valence-corrected chi connectivity index (χ0v) is 19.0. The first kappa shape index (κ1) is 22.1. The van der Waals surface area contributed by atoms with Gasteiger partial charge in [0, 0.05) is 29.8 Å². The zero-order valence-electron chi connectivity index (χ0n) is 19.0. The minimum absolute atomic E-state index is 0.346. The quantitative estimate of drug-likeness (QED) is 0.335. The van der Waals surface area contributed by atoms with E-state index in [4.69, 9.17) is 0 Å². The maximum absolute atomic E-state index is 16.1. The molecule has 0 N–H and O–H groups in total. The second-order valence-corrected chi connectivity index (χ2v) is 8.41. The molecule has 0 amide bonds. The Balaban J connectivity index is 2.23. The third kappa shape index (κ3) is 2.69. The molecule has 0 saturated heterocycles. The van der Waals surface area contributed by atoms with Crippen LogP contribution < -0.4 is 0 Å². The van der Waals surface area contributed by atoms with Gasteiger partial charge < -0.3 is 17.6 Å². The Morgan fingerprint density at radius 1 is 1.12 bits per heavy atom. The summed E-state index contributed by atoms with van der Waals surface area (Å²) in [5.41, 5.74) is 4.89. The maximum atomic E-state index is 16.1. The first-order chi connectivity index (χ1) is 15.0. The summed E-state index contributed by atoms with van der Waals surface area (Å²) in [5, 5.41) is 11.4. The molecule has 0 aliphatic carbocycles. The van der Waals surface area contributed by atoms with Crippen LogP contribution in [0.3, 0.4) is 0 Å². The van der Waals surface area contributed by atoms with Gasteiger partial charge in [-0.2, -0.15) is 4.39 Å². The average molecular weight is 443 g/mol. The van der Waals surface area contributed by atoms with Gasteiger partial charge >= 0.3 is 12.7 Å². The topological polar surface area (TPSA) is 51.1 Å². The van der Waals surface area contributed by atoms with Crippen molar-refractivity contribution in [1.82, 2.24) is 4.48 Å². The molecule has 1 aromatic heterocycles. The van der Waals surface area contributed by atoms with Crippen molar-refractivity contribution >= 4 is 23.9 Å². The van der Waals surface area contributed by atoms with Crippen LogP contribution in [0.1, 0.15) is 62.2 Å². The summed E-state index contributed by atoms with van der Waals surface area (Å²) in [4.78, 5) is 10.6. The van der Waals surface area contributed by atoms with E-state index >= 15 is 8.63 Å². The number of rotatable bonds is 4. The van der Waals surface area contributed by atoms with Gasteiger partial charge in [0.2, 0.25) is 5.82 Å². The molecular formula is C23H25BF3N3O2. The van der Waals surface area contributed by atoms with Gasteiger partial charge in [-0.05, 0) is 62.1 Å². The third-order valence-corrected chi connectivity index (χ3v) is 6.93. The summed E-state index contributed by atoms with van der Waals surface area (Å²) in [6, 6.07) is 3.62. The molecule has 5 nitrogen and oxygen atoms in total. The summed E-state index contributed by atoms with van der Waals surface area (Å²) in [6.07, 6.45) is 1.15. The molecule has 3 heterocycles. The number of aromatic nitrogens is 1. The number of benzene rings is 1. The molecule has 0 atom stereocenters. The van der Waals surface area contributed by atoms with E-state index in [1.165, 1.54) is 6.07 Å². The van der Waals surface area contributed by atoms with Gasteiger partial charge in [0.25, 0.3) is 0 Å². The number of nitrogens with zero attached hydrogens (tertiary/aromatic N) is 3. The molecule has 2 aromatic rings. The lowest BCUT2D eigenvalue weighted by Crippen LogP contribution is -2.51. The molecule has 0 unspecified atom stereocenters. The second-order valence-electron chi connectivity index (χ2n) is 8.41. The number of hydrogen-bond acceptors (Lipinski definition) is 2. The first-order valence-electron chi connectivity index (χ1n) is 10.7. The number of fused-ring (bicyclic) bond motifs is 2. The van der Waals surface area contributed by atoms with Crippen LogP contribution in [0.4, 0.5) is 18.7 Å². The van der Waals surface area contributed by atoms with Crippen molar-refractivity contribution in [3.63, 3.8) is 0 Å². The van der Waals surface area contributed by atoms with E-state index in [2.05, 4.69) is 0 Å². The van der Waals surface area contributed by atoms with Crippen molar-refractivity contribution in [3.8, 4) is 0 Å². The van der Waals surface area contributed by atoms with E-state index < -0.39 is 23.4 Å². The molecule has 2 aliphatic heterocycles. The molecule has 0 saturated carbocycles. The molecule has 0 bridgehead atoms. The molecular weight excluding hydrogens is 418 g/mol. The summed E-state index contributed by atoms with van der Waals surface area (Å²) in [7, 11) is 0. The Morgan fingerprint density at radius 3 is 2.34 bits per heavy atom. The lowest BCUT2D eigenvalue weighted by molar-refractivity contribution is -0.387. The van der Waals surface area contributed by atoms with Crippen molar-refractivity contribution in [3.05, 3.63) is 79.1 Å². The van der Waals surface area contributed by atoms with Gasteiger partial charge in [0.15, 0.2) is 5.70 Å². The van der Waals surface area contributed by atoms with Crippen LogP contribution in [-0.2, 0) is 6.42 Å². The first-order valence-corrected chi connectivity index (χ1v) is 10.7. The van der Waals surface area contributed by atoms with E-state index in [-0.39, 0.29) is 0 Å². The summed E-state index contributed by atoms with van der Waals surface area (Å²) < 4.78 is 48.6. The summed E-state index contributed by atoms with van der Waals surface area (Å²) >= 11 is 0. The monoisotopic (exact) mass is 443 g/mol. The highest BCUT2D eigenvalue weighted by Gasteiger charge is 2.56. The third-order valence-electron chi connectivity index (χ3n) is 6.93. The Bertz CT molecular complexity index is 1300. The van der Waals surface area contributed by atoms with Crippen molar-refractivity contribution in [2.75, 3.05) is 0 Å². The highest BCUT2D eigenvalue weighted by atomic mass is 19.2. The Morgan fingerprint density at radius 2 is 1.78 bits per heavy atom. The molecule has 0 spiro atoms. The molecule has 9 heteroatoms. The van der Waals surface area contributed by atoms with E-state index in [0.717, 1.165) is 43.4 Å². The number of nitro groups is 1. The van der Waals surface area contributed by atoms with Gasteiger partial charge in [-0.1, -0.05) is 19.9 Å². The molecule has 4 rings (SSSR count). The van der Waals surface area contributed by atoms with Gasteiger partial charge in [0.05, 0.1) is 10.5 Å². The van der Waals surface area contributed by atoms with Crippen molar-refractivity contribution in [2.24, 2.45) is 0 Å². The minimum atomic E-state index is -4.18. The number of halogens is 3. The van der Waals surface area contributed by atoms with Crippen LogP contribution in [0.15, 0.2) is 35.0 Å². The standard InChI is InChI=1S/C23H25BF3N3O2/c1-7-17-12(3)22-21(16-9-10-19(25)20(11-16)30(31)32)23-13(4)18(8-2)15(6)29(23)24(26,27)28(22)14(17)5/h9-11H,7-8H2,1-6H3. The van der Waals surface area contributed by atoms with Crippen LogP contribution in [-0.4, -0.2) is 26.6 Å². The van der Waals surface area contributed by atoms with Crippen LogP contribution in [0.25, 0.3) is 5.57 Å². The fraction of sp³-hybridized carbons (Fsp3) is 0.348. The second kappa shape index (κ2) is 7.22. The predicted molar refractivity (Wildman–Crippen MR) is 120 cm³/mol. The molecule has 2 aliphatic rings. The Labute approximate surface area is 184 Å². The van der Waals surface area contributed by atoms with Crippen LogP contribution in [0, 0.1) is 29.8 Å². The lowest BCUT2D eigenvalue weighted by Gasteiger charge is -2.34. The smallest absolute Gasteiger partial charge is 0.393 e. The molecule has 0 radical (unpaired) electrons. The average Bonchev–Trinajstić information content (AvgIpc) is 3.13. The van der Waals surface area contributed by atoms with Gasteiger partial charge in [0.1, 0.15) is 5.71 Å². The summed E-state index contributed by atoms with van der Waals surface area (Å²) in [5.74, 6) is -0.959. The van der Waals surface area contributed by atoms with Gasteiger partial charge in [-0.3, -0.25) is 10.1 Å². The largest absolute Gasteiger partial charge is 0.737 e. The fourth-order valence-corrected chi connectivity index (χ4v) is 5.56. The van der Waals surface area contributed by atoms with Crippen LogP contribution >= 0.6 is 0 Å². The number of allylic oxidation sites excluding steroid dienone is 2. The van der Waals surface area contributed by atoms with Gasteiger partial charge in [-0.25, -0.2) is 0 Å². The fourth-order valence-electron chi connectivity index (χ4n) is 5.56. The van der Waals surface area contributed by atoms with Gasteiger partial charge in [-0.15, -0.1) is 0 Å². The highest BCUT2D eigenvalue weighted by Crippen LogP contribution is 2.47. The summed E-state index contributed by atoms with van der Waals surface area (Å²) in [6.45, 7) is 6.65. The Hall–Kier alpha value is -3.10. The molecule has 168 valence electrons. The van der Waals surface area contributed by atoms with E-state index in [1.807, 2.05) is 27.7 Å². The van der Waals surface area contributed by atoms with Crippen molar-refractivity contribution in [1.29, 1.82) is 0 Å². The number of hydrogen-bond donors (Lipinski definition) is 0. The lowest BCUT2D eigenvalue weighted by atomic mass is 9.83. The predicted octanol–water partition coefficient (Wildman–Crippen LogP) is 5.92. The van der Waals surface area contributed by atoms with E-state index in [0.29, 0.717) is 46.8 Å². The normalized spacial score (nSPS) is 17.3. The van der Waals surface area contributed by atoms with E-state index in [1.54, 1.807) is 13.8 Å². The zero-order chi connectivity index (χ0) is 23.7. The highest BCUT2D eigenvalue weighted by molar-refractivity contribution is 6.58. The molecule has 0 fully saturated rings. The minimum Gasteiger partial charge on any atom is -0.393 e. The molecule has 1 aromatic carbocycles. The van der Waals surface area contributed by atoms with Crippen molar-refractivity contribution < 1.29 is 22.4 Å². The number of nitro benzene ring substituents is 1. The van der Waals surface area contributed by atoms with Crippen LogP contribution in [0.5, 0.6) is 0 Å². The SMILES string of the molecule is CCC1=C(C)C2=C(c3ccc(F)c([N+](=O)[O-])c3)c3c(C)c(CC)c(C)n3[B-](F)(F)[N+]2=C1C. The molecule has 32 heavy (non-hydrogen) atoms. The van der Waals surface area contributed by atoms with Crippen LogP contribution in [0.2, 0.25) is 0 Å². The van der Waals surface area contributed by atoms with E-state index in [9.17, 15) is 14.5 Å². The maximum Gasteiger partial charge on any atom is 0.737 e.